The lowest BCUT2D eigenvalue weighted by molar-refractivity contribution is -0.0886. The summed E-state index contributed by atoms with van der Waals surface area (Å²) in [6.07, 6.45) is 4.55. The average molecular weight is 312 g/mol. The van der Waals surface area contributed by atoms with Gasteiger partial charge in [0.05, 0.1) is 10.6 Å². The van der Waals surface area contributed by atoms with Crippen molar-refractivity contribution in [1.29, 1.82) is 0 Å². The average Bonchev–Trinajstić information content (AvgIpc) is 2.48. The molecule has 1 saturated heterocycles. The summed E-state index contributed by atoms with van der Waals surface area (Å²) >= 11 is 5.65. The smallest absolute Gasteiger partial charge is 0.253 e. The van der Waals surface area contributed by atoms with E-state index in [9.17, 15) is 14.3 Å². The fourth-order valence-corrected chi connectivity index (χ4v) is 3.68. The van der Waals surface area contributed by atoms with Crippen molar-refractivity contribution in [1.82, 2.24) is 4.90 Å². The van der Waals surface area contributed by atoms with Crippen LogP contribution >= 0.6 is 11.6 Å². The number of piperidine rings is 1. The maximum absolute atomic E-state index is 13.5. The first-order valence-electron chi connectivity index (χ1n) is 7.46. The number of fused-ring (bicyclic) bond motifs is 1. The fourth-order valence-electron chi connectivity index (χ4n) is 3.57. The number of carbonyl (C=O) groups is 1. The van der Waals surface area contributed by atoms with Gasteiger partial charge in [0.1, 0.15) is 5.82 Å². The molecule has 1 aliphatic heterocycles. The molecule has 1 aliphatic carbocycles. The van der Waals surface area contributed by atoms with Crippen LogP contribution in [0, 0.1) is 11.7 Å². The molecule has 1 N–H and O–H groups in total. The Morgan fingerprint density at radius 3 is 2.95 bits per heavy atom. The molecule has 0 spiro atoms. The molecule has 2 unspecified atom stereocenters. The zero-order valence-electron chi connectivity index (χ0n) is 11.8. The fraction of sp³-hybridized carbons (Fsp3) is 0.562. The van der Waals surface area contributed by atoms with Gasteiger partial charge in [-0.2, -0.15) is 0 Å². The van der Waals surface area contributed by atoms with Gasteiger partial charge in [0.15, 0.2) is 0 Å². The van der Waals surface area contributed by atoms with Crippen LogP contribution < -0.4 is 0 Å². The molecule has 21 heavy (non-hydrogen) atoms. The number of hydrogen-bond donors (Lipinski definition) is 1. The monoisotopic (exact) mass is 311 g/mol. The first kappa shape index (κ1) is 14.8. The maximum atomic E-state index is 13.5. The normalized spacial score (nSPS) is 29.1. The molecule has 2 aliphatic rings. The highest BCUT2D eigenvalue weighted by Gasteiger charge is 2.43. The third-order valence-corrected chi connectivity index (χ3v) is 5.19. The summed E-state index contributed by atoms with van der Waals surface area (Å²) in [4.78, 5) is 14.2. The van der Waals surface area contributed by atoms with Crippen molar-refractivity contribution in [3.05, 3.63) is 34.6 Å². The highest BCUT2D eigenvalue weighted by molar-refractivity contribution is 6.30. The summed E-state index contributed by atoms with van der Waals surface area (Å²) in [6.45, 7) is 1.08. The number of nitrogens with zero attached hydrogens (tertiary/aromatic N) is 1. The van der Waals surface area contributed by atoms with Crippen molar-refractivity contribution in [3.8, 4) is 0 Å². The Kier molecular flexibility index (Phi) is 3.93. The van der Waals surface area contributed by atoms with Gasteiger partial charge in [-0.1, -0.05) is 24.4 Å². The van der Waals surface area contributed by atoms with E-state index in [1.807, 2.05) is 0 Å². The van der Waals surface area contributed by atoms with Crippen LogP contribution in [0.3, 0.4) is 0 Å². The molecule has 1 heterocycles. The summed E-state index contributed by atoms with van der Waals surface area (Å²) in [5.41, 5.74) is -0.293. The number of aliphatic hydroxyl groups is 1. The lowest BCUT2D eigenvalue weighted by atomic mass is 9.71. The quantitative estimate of drug-likeness (QED) is 0.865. The van der Waals surface area contributed by atoms with E-state index < -0.39 is 11.4 Å². The summed E-state index contributed by atoms with van der Waals surface area (Å²) in [5, 5.41) is 10.6. The predicted molar refractivity (Wildman–Crippen MR) is 78.8 cm³/mol. The lowest BCUT2D eigenvalue weighted by Gasteiger charge is -2.47. The SMILES string of the molecule is O=C(c1ccc(Cl)c(F)c1)N1CCC2(O)CCCCC2C1. The van der Waals surface area contributed by atoms with Crippen molar-refractivity contribution in [2.75, 3.05) is 13.1 Å². The van der Waals surface area contributed by atoms with Crippen LogP contribution in [0.1, 0.15) is 42.5 Å². The summed E-state index contributed by atoms with van der Waals surface area (Å²) < 4.78 is 13.5. The van der Waals surface area contributed by atoms with Crippen molar-refractivity contribution < 1.29 is 14.3 Å². The number of halogens is 2. The molecule has 1 aromatic rings. The molecular weight excluding hydrogens is 293 g/mol. The Morgan fingerprint density at radius 1 is 1.38 bits per heavy atom. The van der Waals surface area contributed by atoms with Gasteiger partial charge in [-0.25, -0.2) is 4.39 Å². The van der Waals surface area contributed by atoms with Crippen molar-refractivity contribution >= 4 is 17.5 Å². The second-order valence-corrected chi connectivity index (χ2v) is 6.58. The van der Waals surface area contributed by atoms with Crippen molar-refractivity contribution in [2.24, 2.45) is 5.92 Å². The Morgan fingerprint density at radius 2 is 2.19 bits per heavy atom. The Hall–Kier alpha value is -1.13. The third-order valence-electron chi connectivity index (χ3n) is 4.88. The molecule has 1 saturated carbocycles. The lowest BCUT2D eigenvalue weighted by Crippen LogP contribution is -2.54. The minimum atomic E-state index is -0.611. The van der Waals surface area contributed by atoms with Crippen LogP contribution in [-0.2, 0) is 0 Å². The number of likely N-dealkylation sites (tertiary alicyclic amines) is 1. The van der Waals surface area contributed by atoms with E-state index in [0.717, 1.165) is 25.7 Å². The van der Waals surface area contributed by atoms with Gasteiger partial charge in [-0.05, 0) is 37.5 Å². The molecule has 0 radical (unpaired) electrons. The minimum absolute atomic E-state index is 0.0202. The molecule has 3 rings (SSSR count). The van der Waals surface area contributed by atoms with Gasteiger partial charge in [0.25, 0.3) is 5.91 Å². The maximum Gasteiger partial charge on any atom is 0.253 e. The largest absolute Gasteiger partial charge is 0.389 e. The van der Waals surface area contributed by atoms with Crippen LogP contribution in [0.25, 0.3) is 0 Å². The van der Waals surface area contributed by atoms with Gasteiger partial charge in [0.2, 0.25) is 0 Å². The van der Waals surface area contributed by atoms with E-state index in [0.29, 0.717) is 25.1 Å². The molecule has 114 valence electrons. The van der Waals surface area contributed by atoms with E-state index in [1.165, 1.54) is 12.1 Å². The van der Waals surface area contributed by atoms with Crippen LogP contribution in [0.5, 0.6) is 0 Å². The number of hydrogen-bond acceptors (Lipinski definition) is 2. The summed E-state index contributed by atoms with van der Waals surface area (Å²) in [6, 6.07) is 4.15. The van der Waals surface area contributed by atoms with E-state index in [1.54, 1.807) is 11.0 Å². The first-order valence-corrected chi connectivity index (χ1v) is 7.84. The Balaban J connectivity index is 1.75. The van der Waals surface area contributed by atoms with Gasteiger partial charge in [-0.15, -0.1) is 0 Å². The Bertz CT molecular complexity index is 565. The zero-order chi connectivity index (χ0) is 15.0. The van der Waals surface area contributed by atoms with Crippen LogP contribution in [0.4, 0.5) is 4.39 Å². The number of benzene rings is 1. The topological polar surface area (TPSA) is 40.5 Å². The standard InChI is InChI=1S/C16H19ClFNO2/c17-13-5-4-11(9-14(13)18)15(20)19-8-7-16(21)6-2-1-3-12(16)10-19/h4-5,9,12,21H,1-3,6-8,10H2. The highest BCUT2D eigenvalue weighted by atomic mass is 35.5. The minimum Gasteiger partial charge on any atom is -0.389 e. The molecule has 0 bridgehead atoms. The van der Waals surface area contributed by atoms with Crippen LogP contribution in [-0.4, -0.2) is 34.6 Å². The molecular formula is C16H19ClFNO2. The van der Waals surface area contributed by atoms with E-state index in [-0.39, 0.29) is 16.8 Å². The number of rotatable bonds is 1. The van der Waals surface area contributed by atoms with Gasteiger partial charge < -0.3 is 10.0 Å². The molecule has 5 heteroatoms. The second kappa shape index (κ2) is 5.58. The van der Waals surface area contributed by atoms with E-state index in [2.05, 4.69) is 0 Å². The summed E-state index contributed by atoms with van der Waals surface area (Å²) in [5.74, 6) is -0.618. The zero-order valence-corrected chi connectivity index (χ0v) is 12.6. The summed E-state index contributed by atoms with van der Waals surface area (Å²) in [7, 11) is 0. The Labute approximate surface area is 128 Å². The molecule has 3 nitrogen and oxygen atoms in total. The van der Waals surface area contributed by atoms with E-state index >= 15 is 0 Å². The van der Waals surface area contributed by atoms with Crippen LogP contribution in [0.2, 0.25) is 5.02 Å². The highest BCUT2D eigenvalue weighted by Crippen LogP contribution is 2.40. The van der Waals surface area contributed by atoms with Crippen molar-refractivity contribution in [2.45, 2.75) is 37.7 Å². The predicted octanol–water partition coefficient (Wildman–Crippen LogP) is 3.25. The van der Waals surface area contributed by atoms with Gasteiger partial charge >= 0.3 is 0 Å². The van der Waals surface area contributed by atoms with Crippen molar-refractivity contribution in [3.63, 3.8) is 0 Å². The first-order chi connectivity index (χ1) is 9.99. The number of carbonyl (C=O) groups excluding carboxylic acids is 1. The second-order valence-electron chi connectivity index (χ2n) is 6.18. The number of amides is 1. The molecule has 2 atom stereocenters. The van der Waals surface area contributed by atoms with Crippen LogP contribution in [0.15, 0.2) is 18.2 Å². The van der Waals surface area contributed by atoms with Gasteiger partial charge in [0, 0.05) is 24.6 Å². The molecule has 1 amide bonds. The third kappa shape index (κ3) is 2.79. The molecule has 1 aromatic carbocycles. The molecule has 0 aromatic heterocycles. The van der Waals surface area contributed by atoms with E-state index in [4.69, 9.17) is 11.6 Å². The molecule has 2 fully saturated rings. The van der Waals surface area contributed by atoms with Gasteiger partial charge in [-0.3, -0.25) is 4.79 Å².